The quantitative estimate of drug-likeness (QED) is 0.269. The fourth-order valence-corrected chi connectivity index (χ4v) is 1.70. The van der Waals surface area contributed by atoms with Crippen LogP contribution in [0.2, 0.25) is 0 Å². The summed E-state index contributed by atoms with van der Waals surface area (Å²) in [4.78, 5) is 17.7. The van der Waals surface area contributed by atoms with E-state index in [0.717, 1.165) is 11.3 Å². The number of hydrogen-bond acceptors (Lipinski definition) is 4. The van der Waals surface area contributed by atoms with Gasteiger partial charge in [0.25, 0.3) is 0 Å². The van der Waals surface area contributed by atoms with Gasteiger partial charge in [0.15, 0.2) is 5.96 Å². The average molecular weight is 450 g/mol. The van der Waals surface area contributed by atoms with Crippen molar-refractivity contribution in [2.75, 3.05) is 48.0 Å². The molecule has 136 valence electrons. The van der Waals surface area contributed by atoms with Gasteiger partial charge in [-0.05, 0) is 17.7 Å². The highest BCUT2D eigenvalue weighted by Crippen LogP contribution is 2.13. The monoisotopic (exact) mass is 450 g/mol. The fourth-order valence-electron chi connectivity index (χ4n) is 1.70. The highest BCUT2D eigenvalue weighted by Gasteiger charge is 2.05. The molecule has 8 heteroatoms. The lowest BCUT2D eigenvalue weighted by molar-refractivity contribution is -0.127. The molecule has 0 aliphatic rings. The van der Waals surface area contributed by atoms with Crippen molar-refractivity contribution in [1.29, 1.82) is 0 Å². The highest BCUT2D eigenvalue weighted by molar-refractivity contribution is 14.0. The number of carbonyl (C=O) groups excluding carboxylic acids is 1. The van der Waals surface area contributed by atoms with Gasteiger partial charge in [-0.15, -0.1) is 24.0 Å². The number of nitrogens with zero attached hydrogens (tertiary/aromatic N) is 2. The number of methoxy groups -OCH3 is 2. The molecule has 0 unspecified atom stereocenters. The second kappa shape index (κ2) is 12.8. The number of carbonyl (C=O) groups is 1. The van der Waals surface area contributed by atoms with E-state index in [4.69, 9.17) is 9.47 Å². The zero-order chi connectivity index (χ0) is 17.1. The van der Waals surface area contributed by atoms with Crippen molar-refractivity contribution in [2.45, 2.75) is 6.54 Å². The van der Waals surface area contributed by atoms with Crippen LogP contribution < -0.4 is 15.4 Å². The number of likely N-dealkylation sites (N-methyl/N-ethyl adjacent to an activating group) is 1. The van der Waals surface area contributed by atoms with Crippen molar-refractivity contribution in [2.24, 2.45) is 4.99 Å². The summed E-state index contributed by atoms with van der Waals surface area (Å²) in [5.74, 6) is 1.34. The first-order valence-electron chi connectivity index (χ1n) is 7.41. The van der Waals surface area contributed by atoms with Crippen molar-refractivity contribution in [3.8, 4) is 5.75 Å². The minimum atomic E-state index is -0.0207. The molecule has 0 saturated heterocycles. The molecule has 7 nitrogen and oxygen atoms in total. The predicted molar refractivity (Wildman–Crippen MR) is 106 cm³/mol. The smallest absolute Gasteiger partial charge is 0.241 e. The van der Waals surface area contributed by atoms with E-state index in [1.54, 1.807) is 28.3 Å². The number of amides is 1. The molecule has 0 aromatic heterocycles. The van der Waals surface area contributed by atoms with Gasteiger partial charge in [-0.2, -0.15) is 0 Å². The summed E-state index contributed by atoms with van der Waals surface area (Å²) < 4.78 is 10.2. The maximum atomic E-state index is 11.7. The first-order chi connectivity index (χ1) is 11.1. The van der Waals surface area contributed by atoms with Gasteiger partial charge in [0.2, 0.25) is 5.91 Å². The molecule has 0 aliphatic carbocycles. The largest absolute Gasteiger partial charge is 0.497 e. The van der Waals surface area contributed by atoms with E-state index in [2.05, 4.69) is 15.6 Å². The minimum absolute atomic E-state index is 0. The van der Waals surface area contributed by atoms with E-state index in [9.17, 15) is 4.79 Å². The number of hydrogen-bond donors (Lipinski definition) is 2. The SMILES string of the molecule is COCCNC(=NCc1cccc(OC)c1)NCC(=O)N(C)C.I. The maximum absolute atomic E-state index is 11.7. The van der Waals surface area contributed by atoms with Gasteiger partial charge < -0.3 is 25.0 Å². The van der Waals surface area contributed by atoms with Crippen molar-refractivity contribution in [1.82, 2.24) is 15.5 Å². The molecule has 0 atom stereocenters. The second-order valence-electron chi connectivity index (χ2n) is 5.08. The Labute approximate surface area is 160 Å². The lowest BCUT2D eigenvalue weighted by Crippen LogP contribution is -2.43. The Morgan fingerprint density at radius 1 is 1.25 bits per heavy atom. The summed E-state index contributed by atoms with van der Waals surface area (Å²) in [5.41, 5.74) is 1.02. The number of ether oxygens (including phenoxy) is 2. The van der Waals surface area contributed by atoms with Gasteiger partial charge >= 0.3 is 0 Å². The van der Waals surface area contributed by atoms with Crippen LogP contribution in [0.5, 0.6) is 5.75 Å². The summed E-state index contributed by atoms with van der Waals surface area (Å²) in [5, 5.41) is 6.15. The van der Waals surface area contributed by atoms with Gasteiger partial charge in [-0.1, -0.05) is 12.1 Å². The Kier molecular flexibility index (Phi) is 12.0. The lowest BCUT2D eigenvalue weighted by atomic mass is 10.2. The lowest BCUT2D eigenvalue weighted by Gasteiger charge is -2.15. The van der Waals surface area contributed by atoms with Crippen LogP contribution in [0.3, 0.4) is 0 Å². The summed E-state index contributed by atoms with van der Waals surface area (Å²) in [6.45, 7) is 1.83. The molecule has 0 radical (unpaired) electrons. The van der Waals surface area contributed by atoms with Crippen LogP contribution in [0.15, 0.2) is 29.3 Å². The predicted octanol–water partition coefficient (Wildman–Crippen LogP) is 1.08. The molecule has 0 fully saturated rings. The average Bonchev–Trinajstić information content (AvgIpc) is 2.56. The summed E-state index contributed by atoms with van der Waals surface area (Å²) in [6.07, 6.45) is 0. The molecule has 1 aromatic rings. The zero-order valence-corrected chi connectivity index (χ0v) is 17.0. The number of aliphatic imine (C=N–C) groups is 1. The number of guanidine groups is 1. The Balaban J connectivity index is 0.00000529. The maximum Gasteiger partial charge on any atom is 0.241 e. The third-order valence-corrected chi connectivity index (χ3v) is 3.06. The van der Waals surface area contributed by atoms with E-state index in [0.29, 0.717) is 25.7 Å². The van der Waals surface area contributed by atoms with Crippen molar-refractivity contribution < 1.29 is 14.3 Å². The number of rotatable bonds is 8. The zero-order valence-electron chi connectivity index (χ0n) is 14.7. The molecule has 0 bridgehead atoms. The van der Waals surface area contributed by atoms with E-state index in [1.807, 2.05) is 24.3 Å². The molecule has 24 heavy (non-hydrogen) atoms. The van der Waals surface area contributed by atoms with E-state index < -0.39 is 0 Å². The molecule has 0 heterocycles. The molecule has 2 N–H and O–H groups in total. The van der Waals surface area contributed by atoms with Crippen molar-refractivity contribution in [3.63, 3.8) is 0 Å². The highest BCUT2D eigenvalue weighted by atomic mass is 127. The normalized spacial score (nSPS) is 10.6. The Bertz CT molecular complexity index is 524. The van der Waals surface area contributed by atoms with Gasteiger partial charge in [0, 0.05) is 27.7 Å². The summed E-state index contributed by atoms with van der Waals surface area (Å²) >= 11 is 0. The summed E-state index contributed by atoms with van der Waals surface area (Å²) in [6, 6.07) is 7.72. The van der Waals surface area contributed by atoms with Crippen molar-refractivity contribution in [3.05, 3.63) is 29.8 Å². The molecule has 1 amide bonds. The van der Waals surface area contributed by atoms with Crippen LogP contribution in [0.4, 0.5) is 0 Å². The van der Waals surface area contributed by atoms with Gasteiger partial charge in [0.1, 0.15) is 5.75 Å². The van der Waals surface area contributed by atoms with Crippen molar-refractivity contribution >= 4 is 35.8 Å². The number of halogens is 1. The number of benzene rings is 1. The first-order valence-corrected chi connectivity index (χ1v) is 7.41. The third-order valence-electron chi connectivity index (χ3n) is 3.06. The van der Waals surface area contributed by atoms with Crippen LogP contribution in [0, 0.1) is 0 Å². The van der Waals surface area contributed by atoms with Crippen LogP contribution >= 0.6 is 24.0 Å². The van der Waals surface area contributed by atoms with E-state index >= 15 is 0 Å². The minimum Gasteiger partial charge on any atom is -0.497 e. The van der Waals surface area contributed by atoms with Crippen LogP contribution in [-0.2, 0) is 16.1 Å². The fraction of sp³-hybridized carbons (Fsp3) is 0.500. The number of nitrogens with one attached hydrogen (secondary N) is 2. The molecular weight excluding hydrogens is 423 g/mol. The van der Waals surface area contributed by atoms with E-state index in [-0.39, 0.29) is 36.4 Å². The Morgan fingerprint density at radius 2 is 2.00 bits per heavy atom. The first kappa shape index (κ1) is 22.4. The van der Waals surface area contributed by atoms with Gasteiger partial charge in [-0.25, -0.2) is 4.99 Å². The van der Waals surface area contributed by atoms with Crippen LogP contribution in [0.25, 0.3) is 0 Å². The molecule has 0 saturated carbocycles. The molecule has 1 aromatic carbocycles. The molecular formula is C16H27IN4O3. The molecule has 0 spiro atoms. The van der Waals surface area contributed by atoms with Gasteiger partial charge in [-0.3, -0.25) is 4.79 Å². The molecule has 1 rings (SSSR count). The standard InChI is InChI=1S/C16H26N4O3.HI/c1-20(2)15(21)12-19-16(17-8-9-22-3)18-11-13-6-5-7-14(10-13)23-4;/h5-7,10H,8-9,11-12H2,1-4H3,(H2,17,18,19);1H. The van der Waals surface area contributed by atoms with E-state index in [1.165, 1.54) is 4.90 Å². The van der Waals surface area contributed by atoms with Crippen LogP contribution in [0.1, 0.15) is 5.56 Å². The topological polar surface area (TPSA) is 75.2 Å². The summed E-state index contributed by atoms with van der Waals surface area (Å²) in [7, 11) is 6.71. The van der Waals surface area contributed by atoms with Crippen LogP contribution in [-0.4, -0.2) is 64.8 Å². The Hall–Kier alpha value is -1.55. The molecule has 0 aliphatic heterocycles. The second-order valence-corrected chi connectivity index (χ2v) is 5.08. The Morgan fingerprint density at radius 3 is 2.62 bits per heavy atom. The third kappa shape index (κ3) is 8.92. The van der Waals surface area contributed by atoms with Gasteiger partial charge in [0.05, 0.1) is 26.8 Å².